The van der Waals surface area contributed by atoms with Crippen LogP contribution in [-0.4, -0.2) is 11.5 Å². The molecule has 16 heavy (non-hydrogen) atoms. The van der Waals surface area contributed by atoms with E-state index in [0.717, 1.165) is 6.54 Å². The predicted molar refractivity (Wildman–Crippen MR) is 72.6 cm³/mol. The molecule has 0 radical (unpaired) electrons. The van der Waals surface area contributed by atoms with E-state index in [-0.39, 0.29) is 30.2 Å². The zero-order valence-electron chi connectivity index (χ0n) is 9.39. The third-order valence-corrected chi connectivity index (χ3v) is 3.49. The first-order valence-electron chi connectivity index (χ1n) is 5.48. The average Bonchev–Trinajstić information content (AvgIpc) is 2.31. The molecule has 92 valence electrons. The van der Waals surface area contributed by atoms with Gasteiger partial charge in [0.25, 0.3) is 0 Å². The summed E-state index contributed by atoms with van der Waals surface area (Å²) in [5, 5.41) is 0. The number of nitrogens with zero attached hydrogens (tertiary/aromatic N) is 1. The average molecular weight is 263 g/mol. The Labute approximate surface area is 110 Å². The smallest absolute Gasteiger partial charge is 0.0270 e. The van der Waals surface area contributed by atoms with E-state index in [1.165, 1.54) is 37.7 Å². The molecule has 4 heteroatoms. The van der Waals surface area contributed by atoms with Gasteiger partial charge in [0.1, 0.15) is 0 Å². The van der Waals surface area contributed by atoms with E-state index in [9.17, 15) is 0 Å². The molecule has 2 N–H and O–H groups in total. The Hall–Kier alpha value is -0.310. The quantitative estimate of drug-likeness (QED) is 0.890. The lowest BCUT2D eigenvalue weighted by Gasteiger charge is -2.36. The van der Waals surface area contributed by atoms with Gasteiger partial charge in [0.15, 0.2) is 0 Å². The zero-order valence-corrected chi connectivity index (χ0v) is 11.0. The number of nitrogens with two attached hydrogens (primary N) is 1. The van der Waals surface area contributed by atoms with E-state index in [0.29, 0.717) is 0 Å². The summed E-state index contributed by atoms with van der Waals surface area (Å²) in [4.78, 5) is 4.06. The van der Waals surface area contributed by atoms with E-state index in [1.807, 2.05) is 12.4 Å². The molecule has 1 heterocycles. The molecule has 0 unspecified atom stereocenters. The van der Waals surface area contributed by atoms with E-state index in [1.54, 1.807) is 0 Å². The van der Waals surface area contributed by atoms with Gasteiger partial charge in [-0.1, -0.05) is 19.3 Å². The van der Waals surface area contributed by atoms with E-state index in [4.69, 9.17) is 5.73 Å². The topological polar surface area (TPSA) is 38.9 Å². The Morgan fingerprint density at radius 1 is 1.06 bits per heavy atom. The first-order valence-corrected chi connectivity index (χ1v) is 5.48. The van der Waals surface area contributed by atoms with Crippen LogP contribution in [0.5, 0.6) is 0 Å². The minimum atomic E-state index is 0. The summed E-state index contributed by atoms with van der Waals surface area (Å²) in [6, 6.07) is 4.25. The molecule has 0 bridgehead atoms. The Morgan fingerprint density at radius 2 is 1.62 bits per heavy atom. The van der Waals surface area contributed by atoms with Crippen LogP contribution in [0.15, 0.2) is 24.5 Å². The van der Waals surface area contributed by atoms with Crippen LogP contribution in [0, 0.1) is 0 Å². The highest BCUT2D eigenvalue weighted by atomic mass is 35.5. The minimum Gasteiger partial charge on any atom is -0.330 e. The number of pyridine rings is 1. The standard InChI is InChI=1S/C12H18N2.2ClH/c13-10-12(6-2-1-3-7-12)11-4-8-14-9-5-11;;/h4-5,8-9H,1-3,6-7,10,13H2;2*1H. The second kappa shape index (κ2) is 7.10. The summed E-state index contributed by atoms with van der Waals surface area (Å²) >= 11 is 0. The zero-order chi connectivity index (χ0) is 9.86. The van der Waals surface area contributed by atoms with Crippen LogP contribution in [-0.2, 0) is 5.41 Å². The molecule has 2 rings (SSSR count). The lowest BCUT2D eigenvalue weighted by Crippen LogP contribution is -2.37. The summed E-state index contributed by atoms with van der Waals surface area (Å²) in [5.74, 6) is 0. The second-order valence-corrected chi connectivity index (χ2v) is 4.28. The molecular weight excluding hydrogens is 243 g/mol. The van der Waals surface area contributed by atoms with Gasteiger partial charge in [0.05, 0.1) is 0 Å². The van der Waals surface area contributed by atoms with E-state index < -0.39 is 0 Å². The van der Waals surface area contributed by atoms with Crippen molar-refractivity contribution in [2.24, 2.45) is 5.73 Å². The fraction of sp³-hybridized carbons (Fsp3) is 0.583. The molecule has 0 atom stereocenters. The van der Waals surface area contributed by atoms with Crippen molar-refractivity contribution >= 4 is 24.8 Å². The lowest BCUT2D eigenvalue weighted by atomic mass is 9.70. The fourth-order valence-corrected chi connectivity index (χ4v) is 2.54. The number of halogens is 2. The van der Waals surface area contributed by atoms with Gasteiger partial charge in [-0.2, -0.15) is 0 Å². The van der Waals surface area contributed by atoms with Crippen molar-refractivity contribution in [1.29, 1.82) is 0 Å². The van der Waals surface area contributed by atoms with Crippen molar-refractivity contribution in [3.63, 3.8) is 0 Å². The Balaban J connectivity index is 0.00000112. The molecule has 0 amide bonds. The SMILES string of the molecule is Cl.Cl.NCC1(c2ccncc2)CCCCC1. The van der Waals surface area contributed by atoms with Gasteiger partial charge in [0, 0.05) is 24.4 Å². The first-order chi connectivity index (χ1) is 6.87. The van der Waals surface area contributed by atoms with Gasteiger partial charge >= 0.3 is 0 Å². The van der Waals surface area contributed by atoms with Crippen LogP contribution >= 0.6 is 24.8 Å². The molecule has 1 fully saturated rings. The summed E-state index contributed by atoms with van der Waals surface area (Å²) in [7, 11) is 0. The van der Waals surface area contributed by atoms with Gasteiger partial charge in [-0.3, -0.25) is 4.98 Å². The van der Waals surface area contributed by atoms with Gasteiger partial charge in [-0.25, -0.2) is 0 Å². The molecule has 1 saturated carbocycles. The Kier molecular flexibility index (Phi) is 6.96. The van der Waals surface area contributed by atoms with E-state index in [2.05, 4.69) is 17.1 Å². The summed E-state index contributed by atoms with van der Waals surface area (Å²) < 4.78 is 0. The maximum Gasteiger partial charge on any atom is 0.0270 e. The van der Waals surface area contributed by atoms with Gasteiger partial charge in [0.2, 0.25) is 0 Å². The highest BCUT2D eigenvalue weighted by molar-refractivity contribution is 5.85. The molecule has 1 aliphatic carbocycles. The summed E-state index contributed by atoms with van der Waals surface area (Å²) in [6.07, 6.45) is 10.2. The van der Waals surface area contributed by atoms with Crippen molar-refractivity contribution in [2.75, 3.05) is 6.54 Å². The third-order valence-electron chi connectivity index (χ3n) is 3.49. The van der Waals surface area contributed by atoms with Crippen molar-refractivity contribution in [2.45, 2.75) is 37.5 Å². The predicted octanol–water partition coefficient (Wildman–Crippen LogP) is 3.09. The molecular formula is C12H20Cl2N2. The van der Waals surface area contributed by atoms with Crippen molar-refractivity contribution in [3.05, 3.63) is 30.1 Å². The van der Waals surface area contributed by atoms with Crippen LogP contribution in [0.2, 0.25) is 0 Å². The fourth-order valence-electron chi connectivity index (χ4n) is 2.54. The number of aromatic nitrogens is 1. The molecule has 1 aliphatic rings. The maximum atomic E-state index is 5.95. The van der Waals surface area contributed by atoms with Gasteiger partial charge < -0.3 is 5.73 Å². The van der Waals surface area contributed by atoms with Crippen molar-refractivity contribution in [3.8, 4) is 0 Å². The molecule has 1 aromatic heterocycles. The largest absolute Gasteiger partial charge is 0.330 e. The normalized spacial score (nSPS) is 18.1. The highest BCUT2D eigenvalue weighted by Crippen LogP contribution is 2.38. The van der Waals surface area contributed by atoms with E-state index >= 15 is 0 Å². The monoisotopic (exact) mass is 262 g/mol. The number of rotatable bonds is 2. The van der Waals surface area contributed by atoms with Gasteiger partial charge in [-0.05, 0) is 30.5 Å². The summed E-state index contributed by atoms with van der Waals surface area (Å²) in [5.41, 5.74) is 7.59. The van der Waals surface area contributed by atoms with Crippen LogP contribution in [0.3, 0.4) is 0 Å². The van der Waals surface area contributed by atoms with Crippen LogP contribution in [0.1, 0.15) is 37.7 Å². The Morgan fingerprint density at radius 3 is 2.12 bits per heavy atom. The maximum absolute atomic E-state index is 5.95. The number of hydrogen-bond donors (Lipinski definition) is 1. The number of hydrogen-bond acceptors (Lipinski definition) is 2. The van der Waals surface area contributed by atoms with Crippen LogP contribution in [0.25, 0.3) is 0 Å². The highest BCUT2D eigenvalue weighted by Gasteiger charge is 2.32. The minimum absolute atomic E-state index is 0. The first kappa shape index (κ1) is 15.7. The van der Waals surface area contributed by atoms with Crippen LogP contribution in [0.4, 0.5) is 0 Å². The molecule has 0 saturated heterocycles. The molecule has 1 aromatic rings. The van der Waals surface area contributed by atoms with Crippen molar-refractivity contribution in [1.82, 2.24) is 4.98 Å². The van der Waals surface area contributed by atoms with Crippen LogP contribution < -0.4 is 5.73 Å². The molecule has 0 spiro atoms. The lowest BCUT2D eigenvalue weighted by molar-refractivity contribution is 0.300. The molecule has 0 aliphatic heterocycles. The summed E-state index contributed by atoms with van der Waals surface area (Å²) in [6.45, 7) is 0.775. The van der Waals surface area contributed by atoms with Gasteiger partial charge in [-0.15, -0.1) is 24.8 Å². The third kappa shape index (κ3) is 3.09. The Bertz CT molecular complexity index is 284. The van der Waals surface area contributed by atoms with Crippen molar-refractivity contribution < 1.29 is 0 Å². The second-order valence-electron chi connectivity index (χ2n) is 4.28. The molecule has 2 nitrogen and oxygen atoms in total. The molecule has 0 aromatic carbocycles.